The molecular weight excluding hydrogens is 330 g/mol. The van der Waals surface area contributed by atoms with Crippen LogP contribution in [0.15, 0.2) is 47.7 Å². The van der Waals surface area contributed by atoms with Crippen molar-refractivity contribution >= 4 is 5.78 Å². The molecular formula is C25H39NO. The zero-order valence-electron chi connectivity index (χ0n) is 18.5. The Balaban J connectivity index is 2.06. The molecule has 0 radical (unpaired) electrons. The molecule has 0 bridgehead atoms. The maximum Gasteiger partial charge on any atom is 0.163 e. The average molecular weight is 370 g/mol. The van der Waals surface area contributed by atoms with Crippen LogP contribution in [-0.4, -0.2) is 22.8 Å². The van der Waals surface area contributed by atoms with Gasteiger partial charge in [0.05, 0.1) is 0 Å². The monoisotopic (exact) mass is 369 g/mol. The summed E-state index contributed by atoms with van der Waals surface area (Å²) in [6, 6.07) is 0. The van der Waals surface area contributed by atoms with Crippen molar-refractivity contribution < 1.29 is 4.79 Å². The Morgan fingerprint density at radius 3 is 2.59 bits per heavy atom. The van der Waals surface area contributed by atoms with Gasteiger partial charge in [-0.05, 0) is 57.8 Å². The normalized spacial score (nSPS) is 22.0. The van der Waals surface area contributed by atoms with Gasteiger partial charge < -0.3 is 4.90 Å². The molecule has 2 heteroatoms. The van der Waals surface area contributed by atoms with E-state index in [0.29, 0.717) is 11.7 Å². The van der Waals surface area contributed by atoms with Crippen molar-refractivity contribution in [1.82, 2.24) is 4.90 Å². The highest BCUT2D eigenvalue weighted by Gasteiger charge is 2.37. The fourth-order valence-electron chi connectivity index (χ4n) is 4.09. The number of rotatable bonds is 6. The van der Waals surface area contributed by atoms with Gasteiger partial charge in [0.1, 0.15) is 0 Å². The van der Waals surface area contributed by atoms with E-state index < -0.39 is 0 Å². The molecule has 0 fully saturated rings. The van der Waals surface area contributed by atoms with Crippen molar-refractivity contribution in [2.75, 3.05) is 6.54 Å². The minimum absolute atomic E-state index is 0.0332. The van der Waals surface area contributed by atoms with E-state index in [1.54, 1.807) is 0 Å². The second-order valence-electron chi connectivity index (χ2n) is 10.2. The van der Waals surface area contributed by atoms with Crippen LogP contribution in [0.1, 0.15) is 74.1 Å². The quantitative estimate of drug-likeness (QED) is 0.535. The highest BCUT2D eigenvalue weighted by Crippen LogP contribution is 2.39. The van der Waals surface area contributed by atoms with E-state index in [-0.39, 0.29) is 16.9 Å². The number of carbonyl (C=O) groups is 1. The first kappa shape index (κ1) is 21.7. The summed E-state index contributed by atoms with van der Waals surface area (Å²) in [5.41, 5.74) is 2.43. The molecule has 150 valence electrons. The molecule has 0 aromatic carbocycles. The van der Waals surface area contributed by atoms with Gasteiger partial charge in [-0.15, -0.1) is 0 Å². The van der Waals surface area contributed by atoms with Crippen molar-refractivity contribution in [3.63, 3.8) is 0 Å². The lowest BCUT2D eigenvalue weighted by Gasteiger charge is -2.44. The summed E-state index contributed by atoms with van der Waals surface area (Å²) in [4.78, 5) is 15.7. The van der Waals surface area contributed by atoms with Gasteiger partial charge in [-0.25, -0.2) is 0 Å². The topological polar surface area (TPSA) is 20.3 Å². The summed E-state index contributed by atoms with van der Waals surface area (Å²) in [6.07, 6.45) is 17.1. The predicted molar refractivity (Wildman–Crippen MR) is 116 cm³/mol. The average Bonchev–Trinajstić information content (AvgIpc) is 2.81. The molecule has 1 aliphatic carbocycles. The van der Waals surface area contributed by atoms with Gasteiger partial charge in [0, 0.05) is 29.8 Å². The molecule has 0 saturated carbocycles. The molecule has 27 heavy (non-hydrogen) atoms. The second-order valence-corrected chi connectivity index (χ2v) is 10.2. The maximum atomic E-state index is 13.3. The molecule has 0 N–H and O–H groups in total. The molecule has 1 aliphatic heterocycles. The fraction of sp³-hybridized carbons (Fsp3) is 0.640. The number of hydrogen-bond acceptors (Lipinski definition) is 2. The molecule has 0 amide bonds. The van der Waals surface area contributed by atoms with Crippen LogP contribution in [0.4, 0.5) is 0 Å². The molecule has 2 atom stereocenters. The fourth-order valence-corrected chi connectivity index (χ4v) is 4.09. The lowest BCUT2D eigenvalue weighted by Crippen LogP contribution is -2.44. The van der Waals surface area contributed by atoms with Crippen LogP contribution in [0.2, 0.25) is 0 Å². The molecule has 2 rings (SSSR count). The zero-order chi connectivity index (χ0) is 20.2. The van der Waals surface area contributed by atoms with Crippen molar-refractivity contribution in [3.8, 4) is 0 Å². The van der Waals surface area contributed by atoms with E-state index in [4.69, 9.17) is 0 Å². The Labute approximate surface area is 167 Å². The molecule has 2 aliphatic rings. The van der Waals surface area contributed by atoms with E-state index in [1.165, 1.54) is 5.57 Å². The Morgan fingerprint density at radius 1 is 1.22 bits per heavy atom. The Kier molecular flexibility index (Phi) is 6.94. The third-order valence-electron chi connectivity index (χ3n) is 5.98. The van der Waals surface area contributed by atoms with Crippen LogP contribution in [0.3, 0.4) is 0 Å². The molecule has 0 aromatic heterocycles. The van der Waals surface area contributed by atoms with Crippen LogP contribution in [0.25, 0.3) is 0 Å². The zero-order valence-corrected chi connectivity index (χ0v) is 18.5. The Morgan fingerprint density at radius 2 is 1.93 bits per heavy atom. The molecule has 0 aromatic rings. The number of nitrogens with zero attached hydrogens (tertiary/aromatic N) is 1. The van der Waals surface area contributed by atoms with Gasteiger partial charge in [-0.1, -0.05) is 63.6 Å². The number of hydrogen-bond donors (Lipinski definition) is 0. The molecule has 0 saturated heterocycles. The van der Waals surface area contributed by atoms with Gasteiger partial charge >= 0.3 is 0 Å². The number of Topliss-reactive ketones (excluding diaryl/α,β-unsaturated/α-hetero) is 1. The van der Waals surface area contributed by atoms with Crippen molar-refractivity contribution in [2.45, 2.75) is 79.7 Å². The first-order valence-electron chi connectivity index (χ1n) is 10.6. The van der Waals surface area contributed by atoms with Crippen LogP contribution in [0.5, 0.6) is 0 Å². The summed E-state index contributed by atoms with van der Waals surface area (Å²) >= 11 is 0. The minimum atomic E-state index is -0.0332. The van der Waals surface area contributed by atoms with E-state index in [1.807, 2.05) is 0 Å². The third-order valence-corrected chi connectivity index (χ3v) is 5.98. The smallest absolute Gasteiger partial charge is 0.163 e. The number of ketones is 1. The van der Waals surface area contributed by atoms with Gasteiger partial charge in [0.2, 0.25) is 0 Å². The highest BCUT2D eigenvalue weighted by molar-refractivity contribution is 5.98. The maximum absolute atomic E-state index is 13.3. The summed E-state index contributed by atoms with van der Waals surface area (Å²) in [6.45, 7) is 16.5. The SMILES string of the molecule is CC(CC1=CCC=CC=C1)CC(C)C(=O)C1=CN(C(C)(C)C)CCC1(C)C. The van der Waals surface area contributed by atoms with E-state index in [2.05, 4.69) is 89.9 Å². The van der Waals surface area contributed by atoms with Crippen molar-refractivity contribution in [3.05, 3.63) is 47.7 Å². The van der Waals surface area contributed by atoms with Crippen molar-refractivity contribution in [1.29, 1.82) is 0 Å². The summed E-state index contributed by atoms with van der Waals surface area (Å²) < 4.78 is 0. The summed E-state index contributed by atoms with van der Waals surface area (Å²) in [7, 11) is 0. The summed E-state index contributed by atoms with van der Waals surface area (Å²) in [5, 5.41) is 0. The molecule has 2 unspecified atom stereocenters. The van der Waals surface area contributed by atoms with E-state index in [9.17, 15) is 4.79 Å². The number of allylic oxidation sites excluding steroid dienone is 7. The lowest BCUT2D eigenvalue weighted by atomic mass is 9.73. The molecule has 0 spiro atoms. The summed E-state index contributed by atoms with van der Waals surface area (Å²) in [5.74, 6) is 0.913. The third kappa shape index (κ3) is 5.96. The first-order chi connectivity index (χ1) is 12.5. The van der Waals surface area contributed by atoms with Crippen LogP contribution in [0, 0.1) is 17.3 Å². The first-order valence-corrected chi connectivity index (χ1v) is 10.6. The largest absolute Gasteiger partial charge is 0.372 e. The van der Waals surface area contributed by atoms with Crippen LogP contribution < -0.4 is 0 Å². The Hall–Kier alpha value is -1.57. The molecule has 2 nitrogen and oxygen atoms in total. The number of carbonyl (C=O) groups excluding carboxylic acids is 1. The second kappa shape index (κ2) is 8.63. The standard InChI is InChI=1S/C25H39NO/c1-19(17-21-12-10-8-9-11-13-21)16-20(2)23(27)22-18-26(24(3,4)5)15-14-25(22,6)7/h8-10,12-13,18-20H,11,14-17H2,1-7H3. The Bertz CT molecular complexity index is 654. The van der Waals surface area contributed by atoms with Gasteiger partial charge in [-0.2, -0.15) is 0 Å². The van der Waals surface area contributed by atoms with E-state index in [0.717, 1.165) is 37.8 Å². The van der Waals surface area contributed by atoms with Crippen LogP contribution >= 0.6 is 0 Å². The predicted octanol–water partition coefficient (Wildman–Crippen LogP) is 6.46. The highest BCUT2D eigenvalue weighted by atomic mass is 16.1. The van der Waals surface area contributed by atoms with Gasteiger partial charge in [0.15, 0.2) is 5.78 Å². The van der Waals surface area contributed by atoms with E-state index >= 15 is 0 Å². The van der Waals surface area contributed by atoms with Gasteiger partial charge in [0.25, 0.3) is 0 Å². The molecule has 1 heterocycles. The van der Waals surface area contributed by atoms with Crippen molar-refractivity contribution in [2.24, 2.45) is 17.3 Å². The van der Waals surface area contributed by atoms with Crippen LogP contribution in [-0.2, 0) is 4.79 Å². The van der Waals surface area contributed by atoms with Gasteiger partial charge in [-0.3, -0.25) is 4.79 Å². The minimum Gasteiger partial charge on any atom is -0.372 e. The lowest BCUT2D eigenvalue weighted by molar-refractivity contribution is -0.120.